The molecule has 0 fully saturated rings. The molecular weight excluding hydrogens is 305 g/mol. The highest BCUT2D eigenvalue weighted by Crippen LogP contribution is 2.18. The molecule has 4 nitrogen and oxygen atoms in total. The lowest BCUT2D eigenvalue weighted by molar-refractivity contribution is -0.122. The third kappa shape index (κ3) is 3.30. The molecule has 0 aliphatic rings. The highest BCUT2D eigenvalue weighted by molar-refractivity contribution is 5.81. The van der Waals surface area contributed by atoms with Crippen molar-refractivity contribution in [3.05, 3.63) is 65.2 Å². The van der Waals surface area contributed by atoms with E-state index in [1.165, 1.54) is 23.3 Å². The average Bonchev–Trinajstić information content (AvgIpc) is 2.90. The van der Waals surface area contributed by atoms with Crippen LogP contribution in [-0.2, 0) is 11.3 Å². The van der Waals surface area contributed by atoms with Gasteiger partial charge in [0.05, 0.1) is 23.4 Å². The van der Waals surface area contributed by atoms with E-state index in [0.717, 1.165) is 16.6 Å². The van der Waals surface area contributed by atoms with Gasteiger partial charge >= 0.3 is 0 Å². The molecule has 1 aromatic heterocycles. The summed E-state index contributed by atoms with van der Waals surface area (Å²) >= 11 is 0. The van der Waals surface area contributed by atoms with Crippen molar-refractivity contribution in [3.8, 4) is 0 Å². The second-order valence-electron chi connectivity index (χ2n) is 6.14. The number of nitrogens with zero attached hydrogens (tertiary/aromatic N) is 2. The molecule has 3 aromatic rings. The van der Waals surface area contributed by atoms with E-state index in [-0.39, 0.29) is 24.3 Å². The van der Waals surface area contributed by atoms with Crippen molar-refractivity contribution < 1.29 is 9.18 Å². The fraction of sp³-hybridized carbons (Fsp3) is 0.263. The largest absolute Gasteiger partial charge is 0.348 e. The molecule has 1 atom stereocenters. The van der Waals surface area contributed by atoms with E-state index < -0.39 is 0 Å². The maximum Gasteiger partial charge on any atom is 0.240 e. The van der Waals surface area contributed by atoms with Gasteiger partial charge in [0.15, 0.2) is 0 Å². The zero-order valence-electron chi connectivity index (χ0n) is 14.0. The number of hydrogen-bond acceptors (Lipinski definition) is 2. The molecule has 0 spiro atoms. The highest BCUT2D eigenvalue weighted by atomic mass is 19.1. The third-order valence-corrected chi connectivity index (χ3v) is 4.30. The summed E-state index contributed by atoms with van der Waals surface area (Å²) in [5.41, 5.74) is 5.05. The zero-order chi connectivity index (χ0) is 17.3. The number of aromatic nitrogens is 2. The first kappa shape index (κ1) is 16.2. The van der Waals surface area contributed by atoms with Crippen LogP contribution in [0.2, 0.25) is 0 Å². The Kier molecular flexibility index (Phi) is 4.34. The Morgan fingerprint density at radius 3 is 2.58 bits per heavy atom. The van der Waals surface area contributed by atoms with Gasteiger partial charge in [0.1, 0.15) is 12.4 Å². The van der Waals surface area contributed by atoms with E-state index in [9.17, 15) is 9.18 Å². The number of fused-ring (bicyclic) bond motifs is 1. The van der Waals surface area contributed by atoms with Crippen molar-refractivity contribution in [1.29, 1.82) is 0 Å². The van der Waals surface area contributed by atoms with E-state index >= 15 is 0 Å². The molecule has 1 amide bonds. The van der Waals surface area contributed by atoms with Crippen LogP contribution in [0, 0.1) is 19.7 Å². The van der Waals surface area contributed by atoms with Crippen LogP contribution in [0.3, 0.4) is 0 Å². The van der Waals surface area contributed by atoms with Crippen molar-refractivity contribution in [2.24, 2.45) is 0 Å². The number of rotatable bonds is 4. The molecule has 0 saturated heterocycles. The number of nitrogens with one attached hydrogen (secondary N) is 1. The summed E-state index contributed by atoms with van der Waals surface area (Å²) in [5.74, 6) is -0.392. The predicted octanol–water partition coefficient (Wildman–Crippen LogP) is 3.67. The van der Waals surface area contributed by atoms with Crippen LogP contribution in [0.1, 0.15) is 29.7 Å². The number of hydrogen-bond donors (Lipinski definition) is 1. The van der Waals surface area contributed by atoms with Gasteiger partial charge in [0.2, 0.25) is 5.91 Å². The van der Waals surface area contributed by atoms with Crippen LogP contribution in [0.15, 0.2) is 42.7 Å². The minimum atomic E-state index is -0.284. The molecule has 0 aliphatic heterocycles. The molecule has 1 unspecified atom stereocenters. The first-order chi connectivity index (χ1) is 11.4. The van der Waals surface area contributed by atoms with Gasteiger partial charge in [-0.3, -0.25) is 4.79 Å². The lowest BCUT2D eigenvalue weighted by atomic mass is 10.1. The molecule has 5 heteroatoms. The van der Waals surface area contributed by atoms with Crippen LogP contribution >= 0.6 is 0 Å². The van der Waals surface area contributed by atoms with Gasteiger partial charge in [-0.05, 0) is 61.7 Å². The molecular formula is C19H20FN3O. The Balaban J connectivity index is 1.73. The Morgan fingerprint density at radius 1 is 1.21 bits per heavy atom. The van der Waals surface area contributed by atoms with E-state index in [1.807, 2.05) is 37.5 Å². The number of aryl methyl sites for hydroxylation is 2. The zero-order valence-corrected chi connectivity index (χ0v) is 14.0. The van der Waals surface area contributed by atoms with E-state index in [1.54, 1.807) is 18.5 Å². The smallest absolute Gasteiger partial charge is 0.240 e. The standard InChI is InChI=1S/C19H20FN3O/c1-12-8-17-18(9-13(12)2)23(11-21-17)10-19(24)22-14(3)15-4-6-16(20)7-5-15/h4-9,11,14H,10H2,1-3H3,(H,22,24). The number of amides is 1. The van der Waals surface area contributed by atoms with Gasteiger partial charge in [-0.15, -0.1) is 0 Å². The van der Waals surface area contributed by atoms with Crippen LogP contribution in [0.25, 0.3) is 11.0 Å². The minimum Gasteiger partial charge on any atom is -0.348 e. The van der Waals surface area contributed by atoms with Crippen LogP contribution < -0.4 is 5.32 Å². The summed E-state index contributed by atoms with van der Waals surface area (Å²) in [6.45, 7) is 6.17. The van der Waals surface area contributed by atoms with Crippen molar-refractivity contribution in [3.63, 3.8) is 0 Å². The topological polar surface area (TPSA) is 46.9 Å². The Hall–Kier alpha value is -2.69. The highest BCUT2D eigenvalue weighted by Gasteiger charge is 2.12. The van der Waals surface area contributed by atoms with Gasteiger partial charge in [-0.1, -0.05) is 12.1 Å². The predicted molar refractivity (Wildman–Crippen MR) is 92.2 cm³/mol. The summed E-state index contributed by atoms with van der Waals surface area (Å²) in [6, 6.07) is 10.0. The molecule has 0 radical (unpaired) electrons. The quantitative estimate of drug-likeness (QED) is 0.795. The fourth-order valence-corrected chi connectivity index (χ4v) is 2.72. The van der Waals surface area contributed by atoms with Gasteiger partial charge in [-0.25, -0.2) is 9.37 Å². The molecule has 0 bridgehead atoms. The molecule has 24 heavy (non-hydrogen) atoms. The van der Waals surface area contributed by atoms with Crippen LogP contribution in [0.5, 0.6) is 0 Å². The number of carbonyl (C=O) groups excluding carboxylic acids is 1. The lowest BCUT2D eigenvalue weighted by Crippen LogP contribution is -2.29. The molecule has 1 N–H and O–H groups in total. The van der Waals surface area contributed by atoms with Crippen LogP contribution in [0.4, 0.5) is 4.39 Å². The van der Waals surface area contributed by atoms with E-state index in [0.29, 0.717) is 0 Å². The second kappa shape index (κ2) is 6.43. The van der Waals surface area contributed by atoms with Crippen molar-refractivity contribution in [1.82, 2.24) is 14.9 Å². The summed E-state index contributed by atoms with van der Waals surface area (Å²) in [7, 11) is 0. The van der Waals surface area contributed by atoms with E-state index in [4.69, 9.17) is 0 Å². The fourth-order valence-electron chi connectivity index (χ4n) is 2.72. The first-order valence-corrected chi connectivity index (χ1v) is 7.91. The Bertz CT molecular complexity index is 884. The maximum atomic E-state index is 13.0. The summed E-state index contributed by atoms with van der Waals surface area (Å²) in [4.78, 5) is 16.7. The van der Waals surface area contributed by atoms with Gasteiger partial charge < -0.3 is 9.88 Å². The maximum absolute atomic E-state index is 13.0. The van der Waals surface area contributed by atoms with Gasteiger partial charge in [0, 0.05) is 0 Å². The third-order valence-electron chi connectivity index (χ3n) is 4.30. The summed E-state index contributed by atoms with van der Waals surface area (Å²) < 4.78 is 14.8. The Labute approximate surface area is 140 Å². The minimum absolute atomic E-state index is 0.107. The normalized spacial score (nSPS) is 12.3. The molecule has 124 valence electrons. The molecule has 2 aromatic carbocycles. The number of carbonyl (C=O) groups is 1. The average molecular weight is 325 g/mol. The molecule has 3 rings (SSSR count). The second-order valence-corrected chi connectivity index (χ2v) is 6.14. The van der Waals surface area contributed by atoms with Gasteiger partial charge in [0.25, 0.3) is 0 Å². The van der Waals surface area contributed by atoms with Crippen molar-refractivity contribution in [2.75, 3.05) is 0 Å². The number of benzene rings is 2. The van der Waals surface area contributed by atoms with Gasteiger partial charge in [-0.2, -0.15) is 0 Å². The van der Waals surface area contributed by atoms with Crippen molar-refractivity contribution in [2.45, 2.75) is 33.4 Å². The van der Waals surface area contributed by atoms with Crippen LogP contribution in [-0.4, -0.2) is 15.5 Å². The number of imidazole rings is 1. The Morgan fingerprint density at radius 2 is 1.88 bits per heavy atom. The molecule has 1 heterocycles. The molecule has 0 aliphatic carbocycles. The first-order valence-electron chi connectivity index (χ1n) is 7.91. The lowest BCUT2D eigenvalue weighted by Gasteiger charge is -2.15. The number of halogens is 1. The monoisotopic (exact) mass is 325 g/mol. The molecule has 0 saturated carbocycles. The SMILES string of the molecule is Cc1cc2ncn(CC(=O)NC(C)c3ccc(F)cc3)c2cc1C. The summed E-state index contributed by atoms with van der Waals surface area (Å²) in [6.07, 6.45) is 1.69. The van der Waals surface area contributed by atoms with Crippen molar-refractivity contribution >= 4 is 16.9 Å². The van der Waals surface area contributed by atoms with E-state index in [2.05, 4.69) is 10.3 Å². The summed E-state index contributed by atoms with van der Waals surface area (Å²) in [5, 5.41) is 2.93.